The molecule has 0 aliphatic heterocycles. The molecule has 3 aromatic rings. The number of aryl methyl sites for hydroxylation is 1. The predicted octanol–water partition coefficient (Wildman–Crippen LogP) is 0.554. The van der Waals surface area contributed by atoms with E-state index in [2.05, 4.69) is 25.6 Å². The number of H-pyrrole nitrogens is 2. The second-order valence-corrected chi connectivity index (χ2v) is 5.47. The summed E-state index contributed by atoms with van der Waals surface area (Å²) >= 11 is 0. The SMILES string of the molecule is COc1cc(C(=O)NC(Cc2ccccc2)c2n[nH]c(=O)[nH]2)nn1C. The summed E-state index contributed by atoms with van der Waals surface area (Å²) in [6.45, 7) is 0. The molecule has 1 aromatic carbocycles. The van der Waals surface area contributed by atoms with Gasteiger partial charge in [-0.3, -0.25) is 9.78 Å². The molecule has 9 heteroatoms. The quantitative estimate of drug-likeness (QED) is 0.605. The van der Waals surface area contributed by atoms with Crippen molar-refractivity contribution in [3.63, 3.8) is 0 Å². The molecular weight excluding hydrogens is 324 g/mol. The lowest BCUT2D eigenvalue weighted by molar-refractivity contribution is 0.0929. The Bertz CT molecular complexity index is 911. The molecule has 9 nitrogen and oxygen atoms in total. The number of rotatable bonds is 6. The van der Waals surface area contributed by atoms with Gasteiger partial charge in [0.2, 0.25) is 5.88 Å². The summed E-state index contributed by atoms with van der Waals surface area (Å²) < 4.78 is 6.59. The van der Waals surface area contributed by atoms with Crippen LogP contribution in [0.3, 0.4) is 0 Å². The van der Waals surface area contributed by atoms with Crippen molar-refractivity contribution in [3.8, 4) is 5.88 Å². The molecule has 130 valence electrons. The molecular formula is C16H18N6O3. The standard InChI is InChI=1S/C16H18N6O3/c1-22-13(25-2)9-12(21-22)15(23)17-11(14-18-16(24)20-19-14)8-10-6-4-3-5-7-10/h3-7,9,11H,8H2,1-2H3,(H,17,23)(H2,18,19,20,24). The Hall–Kier alpha value is -3.36. The number of amides is 1. The Morgan fingerprint density at radius 3 is 2.72 bits per heavy atom. The van der Waals surface area contributed by atoms with Gasteiger partial charge in [-0.2, -0.15) is 10.2 Å². The first-order valence-electron chi connectivity index (χ1n) is 7.64. The van der Waals surface area contributed by atoms with Gasteiger partial charge in [-0.05, 0) is 12.0 Å². The first kappa shape index (κ1) is 16.5. The van der Waals surface area contributed by atoms with Crippen molar-refractivity contribution in [2.24, 2.45) is 7.05 Å². The largest absolute Gasteiger partial charge is 0.481 e. The topological polar surface area (TPSA) is 118 Å². The van der Waals surface area contributed by atoms with Crippen molar-refractivity contribution in [2.45, 2.75) is 12.5 Å². The van der Waals surface area contributed by atoms with Crippen LogP contribution < -0.4 is 15.7 Å². The van der Waals surface area contributed by atoms with Crippen LogP contribution in [0.15, 0.2) is 41.2 Å². The number of aromatic amines is 2. The van der Waals surface area contributed by atoms with Crippen LogP contribution in [0.2, 0.25) is 0 Å². The minimum atomic E-state index is -0.512. The third-order valence-electron chi connectivity index (χ3n) is 3.72. The zero-order chi connectivity index (χ0) is 17.8. The highest BCUT2D eigenvalue weighted by molar-refractivity contribution is 5.92. The minimum Gasteiger partial charge on any atom is -0.481 e. The van der Waals surface area contributed by atoms with Crippen molar-refractivity contribution >= 4 is 5.91 Å². The van der Waals surface area contributed by atoms with Gasteiger partial charge >= 0.3 is 5.69 Å². The highest BCUT2D eigenvalue weighted by Gasteiger charge is 2.22. The second-order valence-electron chi connectivity index (χ2n) is 5.47. The number of nitrogens with one attached hydrogen (secondary N) is 3. The molecule has 3 rings (SSSR count). The van der Waals surface area contributed by atoms with Crippen LogP contribution in [-0.4, -0.2) is 38.0 Å². The number of hydrogen-bond donors (Lipinski definition) is 3. The van der Waals surface area contributed by atoms with E-state index < -0.39 is 11.7 Å². The number of ether oxygens (including phenoxy) is 1. The summed E-state index contributed by atoms with van der Waals surface area (Å²) in [4.78, 5) is 26.5. The fourth-order valence-corrected chi connectivity index (χ4v) is 2.50. The lowest BCUT2D eigenvalue weighted by Gasteiger charge is -2.15. The van der Waals surface area contributed by atoms with Gasteiger partial charge in [0, 0.05) is 13.1 Å². The smallest absolute Gasteiger partial charge is 0.340 e. The molecule has 2 heterocycles. The van der Waals surface area contributed by atoms with E-state index >= 15 is 0 Å². The van der Waals surface area contributed by atoms with Crippen LogP contribution in [0, 0.1) is 0 Å². The van der Waals surface area contributed by atoms with Crippen LogP contribution in [0.1, 0.15) is 27.9 Å². The van der Waals surface area contributed by atoms with Crippen LogP contribution >= 0.6 is 0 Å². The van der Waals surface area contributed by atoms with E-state index in [9.17, 15) is 9.59 Å². The molecule has 0 aliphatic rings. The highest BCUT2D eigenvalue weighted by atomic mass is 16.5. The van der Waals surface area contributed by atoms with E-state index in [1.807, 2.05) is 30.3 Å². The summed E-state index contributed by atoms with van der Waals surface area (Å²) in [6, 6.07) is 10.6. The Kier molecular flexibility index (Phi) is 4.64. The lowest BCUT2D eigenvalue weighted by Crippen LogP contribution is -2.31. The maximum atomic E-state index is 12.5. The molecule has 0 spiro atoms. The van der Waals surface area contributed by atoms with E-state index in [0.29, 0.717) is 18.1 Å². The van der Waals surface area contributed by atoms with Gasteiger partial charge in [0.15, 0.2) is 11.5 Å². The summed E-state index contributed by atoms with van der Waals surface area (Å²) in [6.07, 6.45) is 0.470. The van der Waals surface area contributed by atoms with Gasteiger partial charge in [-0.25, -0.2) is 14.6 Å². The molecule has 0 saturated heterocycles. The minimum absolute atomic E-state index is 0.218. The molecule has 0 aliphatic carbocycles. The second kappa shape index (κ2) is 7.04. The van der Waals surface area contributed by atoms with Crippen molar-refractivity contribution < 1.29 is 9.53 Å². The molecule has 25 heavy (non-hydrogen) atoms. The van der Waals surface area contributed by atoms with Crippen molar-refractivity contribution in [1.29, 1.82) is 0 Å². The molecule has 1 amide bonds. The van der Waals surface area contributed by atoms with Gasteiger partial charge in [0.1, 0.15) is 0 Å². The van der Waals surface area contributed by atoms with E-state index in [4.69, 9.17) is 4.74 Å². The number of carbonyl (C=O) groups is 1. The summed E-state index contributed by atoms with van der Waals surface area (Å²) in [5.41, 5.74) is 0.785. The third-order valence-corrected chi connectivity index (χ3v) is 3.72. The first-order chi connectivity index (χ1) is 12.1. The third kappa shape index (κ3) is 3.77. The fraction of sp³-hybridized carbons (Fsp3) is 0.250. The van der Waals surface area contributed by atoms with Gasteiger partial charge in [0.25, 0.3) is 5.91 Å². The molecule has 0 bridgehead atoms. The summed E-state index contributed by atoms with van der Waals surface area (Å²) in [5, 5.41) is 13.2. The van der Waals surface area contributed by atoms with Gasteiger partial charge in [-0.1, -0.05) is 30.3 Å². The van der Waals surface area contributed by atoms with Gasteiger partial charge in [0.05, 0.1) is 13.2 Å². The molecule has 1 atom stereocenters. The monoisotopic (exact) mass is 342 g/mol. The van der Waals surface area contributed by atoms with E-state index in [1.54, 1.807) is 13.1 Å². The zero-order valence-electron chi connectivity index (χ0n) is 13.8. The molecule has 0 saturated carbocycles. The Morgan fingerprint density at radius 2 is 2.12 bits per heavy atom. The Morgan fingerprint density at radius 1 is 1.36 bits per heavy atom. The van der Waals surface area contributed by atoms with E-state index in [1.165, 1.54) is 11.8 Å². The van der Waals surface area contributed by atoms with Crippen LogP contribution in [0.25, 0.3) is 0 Å². The van der Waals surface area contributed by atoms with Gasteiger partial charge in [-0.15, -0.1) is 0 Å². The molecule has 0 fully saturated rings. The number of carbonyl (C=O) groups excluding carboxylic acids is 1. The van der Waals surface area contributed by atoms with Crippen LogP contribution in [0.5, 0.6) is 5.88 Å². The molecule has 2 aromatic heterocycles. The highest BCUT2D eigenvalue weighted by Crippen LogP contribution is 2.16. The van der Waals surface area contributed by atoms with E-state index in [-0.39, 0.29) is 11.6 Å². The summed E-state index contributed by atoms with van der Waals surface area (Å²) in [7, 11) is 3.19. The molecule has 3 N–H and O–H groups in total. The molecule has 1 unspecified atom stereocenters. The van der Waals surface area contributed by atoms with Crippen molar-refractivity contribution in [2.75, 3.05) is 7.11 Å². The number of aromatic nitrogens is 5. The first-order valence-corrected chi connectivity index (χ1v) is 7.64. The van der Waals surface area contributed by atoms with Crippen LogP contribution in [0.4, 0.5) is 0 Å². The number of benzene rings is 1. The van der Waals surface area contributed by atoms with Crippen molar-refractivity contribution in [1.82, 2.24) is 30.3 Å². The number of hydrogen-bond acceptors (Lipinski definition) is 5. The summed E-state index contributed by atoms with van der Waals surface area (Å²) in [5.74, 6) is 0.437. The average molecular weight is 342 g/mol. The fourth-order valence-electron chi connectivity index (χ4n) is 2.50. The number of nitrogens with zero attached hydrogens (tertiary/aromatic N) is 3. The predicted molar refractivity (Wildman–Crippen MR) is 89.3 cm³/mol. The average Bonchev–Trinajstić information content (AvgIpc) is 3.21. The van der Waals surface area contributed by atoms with Crippen molar-refractivity contribution in [3.05, 3.63) is 64.0 Å². The normalized spacial score (nSPS) is 11.9. The van der Waals surface area contributed by atoms with Crippen LogP contribution in [-0.2, 0) is 13.5 Å². The van der Waals surface area contributed by atoms with Gasteiger partial charge < -0.3 is 10.1 Å². The van der Waals surface area contributed by atoms with E-state index in [0.717, 1.165) is 5.56 Å². The number of methoxy groups -OCH3 is 1. The Balaban J connectivity index is 1.83. The maximum absolute atomic E-state index is 12.5. The zero-order valence-corrected chi connectivity index (χ0v) is 13.8. The maximum Gasteiger partial charge on any atom is 0.340 e. The molecule has 0 radical (unpaired) electrons. The Labute approximate surface area is 143 Å². The lowest BCUT2D eigenvalue weighted by atomic mass is 10.1.